The molecule has 19 heavy (non-hydrogen) atoms. The van der Waals surface area contributed by atoms with E-state index < -0.39 is 0 Å². The molecule has 1 atom stereocenters. The third-order valence-corrected chi connectivity index (χ3v) is 4.66. The lowest BCUT2D eigenvalue weighted by atomic mass is 9.64. The minimum absolute atomic E-state index is 0.139. The van der Waals surface area contributed by atoms with Crippen molar-refractivity contribution in [2.45, 2.75) is 44.9 Å². The zero-order valence-electron chi connectivity index (χ0n) is 11.8. The number of hydrogen-bond acceptors (Lipinski definition) is 2. The Morgan fingerprint density at radius 1 is 1.32 bits per heavy atom. The Kier molecular flexibility index (Phi) is 4.13. The Labute approximate surface area is 115 Å². The lowest BCUT2D eigenvalue weighted by molar-refractivity contribution is -0.130. The molecule has 0 aliphatic heterocycles. The summed E-state index contributed by atoms with van der Waals surface area (Å²) in [5.41, 5.74) is 6.50. The molecule has 1 aromatic carbocycles. The first-order chi connectivity index (χ1) is 9.10. The second-order valence-corrected chi connectivity index (χ2v) is 5.58. The molecule has 1 fully saturated rings. The van der Waals surface area contributed by atoms with E-state index in [1.165, 1.54) is 6.42 Å². The quantitative estimate of drug-likeness (QED) is 0.904. The zero-order chi connectivity index (χ0) is 13.9. The van der Waals surface area contributed by atoms with Crippen molar-refractivity contribution in [2.24, 2.45) is 11.1 Å². The first-order valence-electron chi connectivity index (χ1n) is 7.04. The van der Waals surface area contributed by atoms with Crippen LogP contribution in [-0.4, -0.2) is 13.0 Å². The van der Waals surface area contributed by atoms with Crippen molar-refractivity contribution in [3.05, 3.63) is 29.8 Å². The third-order valence-electron chi connectivity index (χ3n) is 4.66. The molecule has 2 N–H and O–H groups in total. The van der Waals surface area contributed by atoms with Gasteiger partial charge in [-0.3, -0.25) is 4.79 Å². The van der Waals surface area contributed by atoms with Gasteiger partial charge in [-0.1, -0.05) is 38.3 Å². The van der Waals surface area contributed by atoms with Crippen molar-refractivity contribution < 1.29 is 9.53 Å². The van der Waals surface area contributed by atoms with Gasteiger partial charge in [-0.15, -0.1) is 0 Å². The Balaban J connectivity index is 2.33. The fourth-order valence-electron chi connectivity index (χ4n) is 3.31. The summed E-state index contributed by atoms with van der Waals surface area (Å²) < 4.78 is 5.27. The molecule has 0 bridgehead atoms. The highest BCUT2D eigenvalue weighted by molar-refractivity contribution is 5.82. The van der Waals surface area contributed by atoms with Gasteiger partial charge < -0.3 is 10.5 Å². The number of nitrogens with two attached hydrogens (primary N) is 1. The number of methoxy groups -OCH3 is 1. The second kappa shape index (κ2) is 5.64. The molecule has 0 spiro atoms. The molecular formula is C16H23NO2. The summed E-state index contributed by atoms with van der Waals surface area (Å²) in [4.78, 5) is 12.0. The fourth-order valence-corrected chi connectivity index (χ4v) is 3.31. The Morgan fingerprint density at radius 3 is 2.58 bits per heavy atom. The maximum atomic E-state index is 12.0. The number of ether oxygens (including phenoxy) is 1. The molecule has 1 amide bonds. The van der Waals surface area contributed by atoms with Crippen LogP contribution in [0.3, 0.4) is 0 Å². The van der Waals surface area contributed by atoms with Gasteiger partial charge in [-0.05, 0) is 36.5 Å². The van der Waals surface area contributed by atoms with Crippen molar-refractivity contribution in [1.29, 1.82) is 0 Å². The van der Waals surface area contributed by atoms with Crippen molar-refractivity contribution in [1.82, 2.24) is 0 Å². The maximum Gasteiger partial charge on any atom is 0.224 e. The Hall–Kier alpha value is -1.51. The summed E-state index contributed by atoms with van der Waals surface area (Å²) in [6, 6.07) is 7.98. The van der Waals surface area contributed by atoms with Gasteiger partial charge in [0, 0.05) is 0 Å². The smallest absolute Gasteiger partial charge is 0.224 e. The molecule has 0 saturated heterocycles. The summed E-state index contributed by atoms with van der Waals surface area (Å²) in [6.07, 6.45) is 5.20. The minimum Gasteiger partial charge on any atom is -0.497 e. The summed E-state index contributed by atoms with van der Waals surface area (Å²) in [6.45, 7) is 2.12. The SMILES string of the molecule is COc1cccc([C@@H](C)C2(C(N)=O)CCCCC2)c1. The molecule has 0 aromatic heterocycles. The molecular weight excluding hydrogens is 238 g/mol. The van der Waals surface area contributed by atoms with E-state index in [2.05, 4.69) is 13.0 Å². The first kappa shape index (κ1) is 13.9. The number of benzene rings is 1. The molecule has 3 nitrogen and oxygen atoms in total. The van der Waals surface area contributed by atoms with Crippen molar-refractivity contribution in [3.8, 4) is 5.75 Å². The summed E-state index contributed by atoms with van der Waals surface area (Å²) in [5, 5.41) is 0. The van der Waals surface area contributed by atoms with Crippen LogP contribution in [0.5, 0.6) is 5.75 Å². The number of rotatable bonds is 4. The van der Waals surface area contributed by atoms with Crippen LogP contribution < -0.4 is 10.5 Å². The van der Waals surface area contributed by atoms with Gasteiger partial charge in [0.05, 0.1) is 12.5 Å². The van der Waals surface area contributed by atoms with E-state index in [9.17, 15) is 4.79 Å². The van der Waals surface area contributed by atoms with Crippen LogP contribution in [0.15, 0.2) is 24.3 Å². The van der Waals surface area contributed by atoms with Crippen LogP contribution in [0.2, 0.25) is 0 Å². The first-order valence-corrected chi connectivity index (χ1v) is 7.04. The number of carbonyl (C=O) groups excluding carboxylic acids is 1. The molecule has 1 aliphatic rings. The Bertz CT molecular complexity index is 450. The predicted molar refractivity (Wildman–Crippen MR) is 76.1 cm³/mol. The standard InChI is InChI=1S/C16H23NO2/c1-12(13-7-6-8-14(11-13)19-2)16(15(17)18)9-4-3-5-10-16/h6-8,11-12H,3-5,9-10H2,1-2H3,(H2,17,18)/t12-/m1/s1. The molecule has 1 aliphatic carbocycles. The van der Waals surface area contributed by atoms with Crippen LogP contribution >= 0.6 is 0 Å². The number of primary amides is 1. The van der Waals surface area contributed by atoms with Gasteiger partial charge in [-0.25, -0.2) is 0 Å². The van der Waals surface area contributed by atoms with Crippen molar-refractivity contribution in [3.63, 3.8) is 0 Å². The van der Waals surface area contributed by atoms with Crippen molar-refractivity contribution in [2.75, 3.05) is 7.11 Å². The second-order valence-electron chi connectivity index (χ2n) is 5.58. The van der Waals surface area contributed by atoms with Crippen LogP contribution in [-0.2, 0) is 4.79 Å². The van der Waals surface area contributed by atoms with Gasteiger partial charge in [-0.2, -0.15) is 0 Å². The average molecular weight is 261 g/mol. The summed E-state index contributed by atoms with van der Waals surface area (Å²) >= 11 is 0. The number of amides is 1. The van der Waals surface area contributed by atoms with E-state index in [1.54, 1.807) is 7.11 Å². The van der Waals surface area contributed by atoms with E-state index in [1.807, 2.05) is 18.2 Å². The number of hydrogen-bond donors (Lipinski definition) is 1. The van der Waals surface area contributed by atoms with E-state index in [0.29, 0.717) is 0 Å². The molecule has 1 aromatic rings. The highest BCUT2D eigenvalue weighted by Crippen LogP contribution is 2.47. The predicted octanol–water partition coefficient (Wildman–Crippen LogP) is 3.23. The average Bonchev–Trinajstić information content (AvgIpc) is 2.47. The van der Waals surface area contributed by atoms with Crippen LogP contribution in [0.1, 0.15) is 50.5 Å². The monoisotopic (exact) mass is 261 g/mol. The molecule has 3 heteroatoms. The lowest BCUT2D eigenvalue weighted by Crippen LogP contribution is -2.42. The molecule has 1 saturated carbocycles. The maximum absolute atomic E-state index is 12.0. The van der Waals surface area contributed by atoms with Crippen LogP contribution in [0, 0.1) is 5.41 Å². The van der Waals surface area contributed by atoms with Gasteiger partial charge in [0.15, 0.2) is 0 Å². The van der Waals surface area contributed by atoms with E-state index in [4.69, 9.17) is 10.5 Å². The topological polar surface area (TPSA) is 52.3 Å². The zero-order valence-corrected chi connectivity index (χ0v) is 11.8. The van der Waals surface area contributed by atoms with Crippen LogP contribution in [0.25, 0.3) is 0 Å². The molecule has 104 valence electrons. The van der Waals surface area contributed by atoms with E-state index in [-0.39, 0.29) is 17.2 Å². The Morgan fingerprint density at radius 2 is 2.00 bits per heavy atom. The summed E-state index contributed by atoms with van der Waals surface area (Å²) in [7, 11) is 1.66. The highest BCUT2D eigenvalue weighted by atomic mass is 16.5. The van der Waals surface area contributed by atoms with E-state index in [0.717, 1.165) is 37.0 Å². The van der Waals surface area contributed by atoms with Crippen LogP contribution in [0.4, 0.5) is 0 Å². The van der Waals surface area contributed by atoms with Gasteiger partial charge in [0.2, 0.25) is 5.91 Å². The van der Waals surface area contributed by atoms with E-state index >= 15 is 0 Å². The molecule has 0 heterocycles. The summed E-state index contributed by atoms with van der Waals surface area (Å²) in [5.74, 6) is 0.822. The lowest BCUT2D eigenvalue weighted by Gasteiger charge is -2.39. The molecule has 2 rings (SSSR count). The largest absolute Gasteiger partial charge is 0.497 e. The van der Waals surface area contributed by atoms with Gasteiger partial charge >= 0.3 is 0 Å². The molecule has 0 unspecified atom stereocenters. The number of carbonyl (C=O) groups is 1. The third kappa shape index (κ3) is 2.60. The van der Waals surface area contributed by atoms with Gasteiger partial charge in [0.25, 0.3) is 0 Å². The fraction of sp³-hybridized carbons (Fsp3) is 0.562. The van der Waals surface area contributed by atoms with Crippen molar-refractivity contribution >= 4 is 5.91 Å². The minimum atomic E-state index is -0.384. The molecule has 0 radical (unpaired) electrons. The highest BCUT2D eigenvalue weighted by Gasteiger charge is 2.43. The normalized spacial score (nSPS) is 19.7. The van der Waals surface area contributed by atoms with Gasteiger partial charge in [0.1, 0.15) is 5.75 Å².